The quantitative estimate of drug-likeness (QED) is 0.542. The van der Waals surface area contributed by atoms with Crippen LogP contribution in [0, 0.1) is 0 Å². The van der Waals surface area contributed by atoms with E-state index < -0.39 is 0 Å². The molecular formula is C11H20N2O3. The Bertz CT molecular complexity index is 274. The van der Waals surface area contributed by atoms with Crippen LogP contribution < -0.4 is 5.32 Å². The average Bonchev–Trinajstić information content (AvgIpc) is 2.18. The van der Waals surface area contributed by atoms with Gasteiger partial charge in [-0.15, -0.1) is 0 Å². The van der Waals surface area contributed by atoms with Gasteiger partial charge in [-0.3, -0.25) is 14.5 Å². The van der Waals surface area contributed by atoms with E-state index in [1.165, 1.54) is 17.9 Å². The molecule has 5 nitrogen and oxygen atoms in total. The number of carbonyl (C=O) groups is 2. The number of rotatable bonds is 6. The van der Waals surface area contributed by atoms with E-state index in [0.717, 1.165) is 0 Å². The van der Waals surface area contributed by atoms with Gasteiger partial charge in [0.15, 0.2) is 0 Å². The molecule has 0 rings (SSSR count). The fraction of sp³-hybridized carbons (Fsp3) is 0.636. The summed E-state index contributed by atoms with van der Waals surface area (Å²) in [5, 5.41) is 2.62. The number of likely N-dealkylation sites (N-methyl/N-ethyl adjacent to an activating group) is 1. The van der Waals surface area contributed by atoms with E-state index in [-0.39, 0.29) is 11.8 Å². The molecule has 1 N–H and O–H groups in total. The van der Waals surface area contributed by atoms with E-state index in [2.05, 4.69) is 5.32 Å². The van der Waals surface area contributed by atoms with Crippen LogP contribution in [0.5, 0.6) is 0 Å². The SMILES string of the molecule is CCNC(=O)/C=C(/OCC)N(CC)C(C)=O. The molecule has 0 aromatic carbocycles. The van der Waals surface area contributed by atoms with Crippen molar-refractivity contribution in [3.8, 4) is 0 Å². The summed E-state index contributed by atoms with van der Waals surface area (Å²) in [5.74, 6) is -0.111. The van der Waals surface area contributed by atoms with Gasteiger partial charge in [0.1, 0.15) is 0 Å². The molecule has 92 valence electrons. The predicted molar refractivity (Wildman–Crippen MR) is 61.5 cm³/mol. The van der Waals surface area contributed by atoms with Crippen molar-refractivity contribution < 1.29 is 14.3 Å². The fourth-order valence-corrected chi connectivity index (χ4v) is 1.22. The topological polar surface area (TPSA) is 58.6 Å². The molecule has 0 aromatic rings. The Morgan fingerprint density at radius 1 is 1.31 bits per heavy atom. The lowest BCUT2D eigenvalue weighted by Crippen LogP contribution is -2.31. The highest BCUT2D eigenvalue weighted by Crippen LogP contribution is 2.06. The van der Waals surface area contributed by atoms with E-state index in [1.54, 1.807) is 6.92 Å². The minimum Gasteiger partial charge on any atom is -0.479 e. The number of nitrogens with zero attached hydrogens (tertiary/aromatic N) is 1. The molecule has 0 unspecified atom stereocenters. The minimum absolute atomic E-state index is 0.147. The van der Waals surface area contributed by atoms with Gasteiger partial charge in [-0.2, -0.15) is 0 Å². The number of hydrogen-bond donors (Lipinski definition) is 1. The van der Waals surface area contributed by atoms with Crippen LogP contribution in [-0.2, 0) is 14.3 Å². The largest absolute Gasteiger partial charge is 0.479 e. The van der Waals surface area contributed by atoms with Gasteiger partial charge in [0.25, 0.3) is 0 Å². The summed E-state index contributed by atoms with van der Waals surface area (Å²) in [4.78, 5) is 24.1. The van der Waals surface area contributed by atoms with Crippen molar-refractivity contribution in [1.82, 2.24) is 10.2 Å². The standard InChI is InChI=1S/C11H20N2O3/c1-5-12-10(15)8-11(16-7-3)13(6-2)9(4)14/h8H,5-7H2,1-4H3,(H,12,15)/b11-8+. The smallest absolute Gasteiger partial charge is 0.249 e. The molecule has 0 saturated carbocycles. The van der Waals surface area contributed by atoms with E-state index in [1.807, 2.05) is 13.8 Å². The van der Waals surface area contributed by atoms with Crippen LogP contribution in [0.25, 0.3) is 0 Å². The van der Waals surface area contributed by atoms with Gasteiger partial charge >= 0.3 is 0 Å². The van der Waals surface area contributed by atoms with Crippen molar-refractivity contribution in [2.75, 3.05) is 19.7 Å². The second-order valence-corrected chi connectivity index (χ2v) is 3.07. The maximum Gasteiger partial charge on any atom is 0.249 e. The van der Waals surface area contributed by atoms with Gasteiger partial charge in [0.05, 0.1) is 12.7 Å². The third-order valence-corrected chi connectivity index (χ3v) is 1.86. The number of nitrogens with one attached hydrogen (secondary N) is 1. The van der Waals surface area contributed by atoms with Gasteiger partial charge in [0, 0.05) is 20.0 Å². The molecule has 0 heterocycles. The Kier molecular flexibility index (Phi) is 7.00. The maximum absolute atomic E-state index is 11.4. The number of amides is 2. The molecule has 0 spiro atoms. The highest BCUT2D eigenvalue weighted by molar-refractivity contribution is 5.88. The van der Waals surface area contributed by atoms with E-state index in [9.17, 15) is 9.59 Å². The molecule has 0 aliphatic heterocycles. The van der Waals surface area contributed by atoms with Crippen molar-refractivity contribution in [2.45, 2.75) is 27.7 Å². The van der Waals surface area contributed by atoms with Crippen LogP contribution >= 0.6 is 0 Å². The monoisotopic (exact) mass is 228 g/mol. The Balaban J connectivity index is 4.81. The molecule has 0 saturated heterocycles. The summed E-state index contributed by atoms with van der Waals surface area (Å²) in [6, 6.07) is 0. The zero-order chi connectivity index (χ0) is 12.6. The lowest BCUT2D eigenvalue weighted by Gasteiger charge is -2.21. The van der Waals surface area contributed by atoms with E-state index >= 15 is 0 Å². The first-order valence-electron chi connectivity index (χ1n) is 5.47. The van der Waals surface area contributed by atoms with Crippen LogP contribution in [0.3, 0.4) is 0 Å². The molecular weight excluding hydrogens is 208 g/mol. The molecule has 2 amide bonds. The Labute approximate surface area is 96.4 Å². The molecule has 16 heavy (non-hydrogen) atoms. The fourth-order valence-electron chi connectivity index (χ4n) is 1.22. The second kappa shape index (κ2) is 7.73. The summed E-state index contributed by atoms with van der Waals surface area (Å²) < 4.78 is 5.28. The Hall–Kier alpha value is -1.52. The molecule has 0 aliphatic rings. The molecule has 0 aromatic heterocycles. The number of hydrogen-bond acceptors (Lipinski definition) is 3. The molecule has 0 fully saturated rings. The van der Waals surface area contributed by atoms with Gasteiger partial charge in [-0.25, -0.2) is 0 Å². The van der Waals surface area contributed by atoms with Crippen molar-refractivity contribution >= 4 is 11.8 Å². The summed E-state index contributed by atoms with van der Waals surface area (Å²) in [5.41, 5.74) is 0. The number of ether oxygens (including phenoxy) is 1. The highest BCUT2D eigenvalue weighted by Gasteiger charge is 2.14. The zero-order valence-electron chi connectivity index (χ0n) is 10.4. The third kappa shape index (κ3) is 4.82. The van der Waals surface area contributed by atoms with Crippen molar-refractivity contribution in [3.05, 3.63) is 12.0 Å². The molecule has 0 bridgehead atoms. The summed E-state index contributed by atoms with van der Waals surface area (Å²) in [6.07, 6.45) is 1.30. The van der Waals surface area contributed by atoms with Gasteiger partial charge in [0.2, 0.25) is 17.7 Å². The molecule has 0 atom stereocenters. The van der Waals surface area contributed by atoms with Crippen molar-refractivity contribution in [3.63, 3.8) is 0 Å². The van der Waals surface area contributed by atoms with Gasteiger partial charge in [-0.1, -0.05) is 0 Å². The number of carbonyl (C=O) groups excluding carboxylic acids is 2. The third-order valence-electron chi connectivity index (χ3n) is 1.86. The Morgan fingerprint density at radius 2 is 1.94 bits per heavy atom. The first-order valence-corrected chi connectivity index (χ1v) is 5.47. The van der Waals surface area contributed by atoms with Crippen LogP contribution in [0.4, 0.5) is 0 Å². The Morgan fingerprint density at radius 3 is 2.31 bits per heavy atom. The van der Waals surface area contributed by atoms with E-state index in [4.69, 9.17) is 4.74 Å². The summed E-state index contributed by atoms with van der Waals surface area (Å²) in [6.45, 7) is 8.32. The average molecular weight is 228 g/mol. The predicted octanol–water partition coefficient (Wildman–Crippen LogP) is 0.869. The second-order valence-electron chi connectivity index (χ2n) is 3.07. The first kappa shape index (κ1) is 14.5. The van der Waals surface area contributed by atoms with Gasteiger partial charge in [-0.05, 0) is 20.8 Å². The first-order chi connectivity index (χ1) is 7.56. The lowest BCUT2D eigenvalue weighted by atomic mass is 10.4. The summed E-state index contributed by atoms with van der Waals surface area (Å²) in [7, 11) is 0. The molecule has 0 aliphatic carbocycles. The zero-order valence-corrected chi connectivity index (χ0v) is 10.4. The van der Waals surface area contributed by atoms with Crippen LogP contribution in [-0.4, -0.2) is 36.4 Å². The molecule has 0 radical (unpaired) electrons. The lowest BCUT2D eigenvalue weighted by molar-refractivity contribution is -0.129. The van der Waals surface area contributed by atoms with Crippen LogP contribution in [0.2, 0.25) is 0 Å². The van der Waals surface area contributed by atoms with Crippen molar-refractivity contribution in [2.24, 2.45) is 0 Å². The van der Waals surface area contributed by atoms with Crippen molar-refractivity contribution in [1.29, 1.82) is 0 Å². The molecule has 5 heteroatoms. The normalized spacial score (nSPS) is 10.9. The van der Waals surface area contributed by atoms with Crippen LogP contribution in [0.15, 0.2) is 12.0 Å². The minimum atomic E-state index is -0.259. The highest BCUT2D eigenvalue weighted by atomic mass is 16.5. The van der Waals surface area contributed by atoms with Gasteiger partial charge < -0.3 is 10.1 Å². The maximum atomic E-state index is 11.4. The van der Waals surface area contributed by atoms with Crippen LogP contribution in [0.1, 0.15) is 27.7 Å². The summed E-state index contributed by atoms with van der Waals surface area (Å²) >= 11 is 0. The van der Waals surface area contributed by atoms with E-state index in [0.29, 0.717) is 25.6 Å².